The van der Waals surface area contributed by atoms with Crippen LogP contribution < -0.4 is 0 Å². The van der Waals surface area contributed by atoms with Gasteiger partial charge >= 0.3 is 11.9 Å². The molecule has 17 heteroatoms. The van der Waals surface area contributed by atoms with Gasteiger partial charge in [-0.3, -0.25) is 0 Å². The molecular weight excluding hydrogens is 456 g/mol. The summed E-state index contributed by atoms with van der Waals surface area (Å²) in [6.45, 7) is -1.69. The summed E-state index contributed by atoms with van der Waals surface area (Å²) in [6.07, 6.45) is -15.7. The third-order valence-corrected chi connectivity index (χ3v) is 3.02. The van der Waals surface area contributed by atoms with Crippen molar-refractivity contribution < 1.29 is 98.9 Å². The van der Waals surface area contributed by atoms with Crippen LogP contribution in [0.5, 0.6) is 0 Å². The predicted molar refractivity (Wildman–Crippen MR) is 84.7 cm³/mol. The van der Waals surface area contributed by atoms with E-state index in [4.69, 9.17) is 61.3 Å². The second-order valence-electron chi connectivity index (χ2n) is 5.03. The van der Waals surface area contributed by atoms with E-state index in [1.54, 1.807) is 0 Å². The number of carbonyl (C=O) groups is 2. The summed E-state index contributed by atoms with van der Waals surface area (Å²) in [7, 11) is 0. The normalized spacial score (nSPS) is 18.3. The molecule has 0 saturated heterocycles. The average molecular weight is 484 g/mol. The van der Waals surface area contributed by atoms with Crippen LogP contribution in [0.2, 0.25) is 0 Å². The molecule has 0 aromatic heterocycles. The van der Waals surface area contributed by atoms with Crippen molar-refractivity contribution in [2.75, 3.05) is 13.2 Å². The Morgan fingerprint density at radius 2 is 0.759 bits per heavy atom. The molecule has 0 spiro atoms. The summed E-state index contributed by atoms with van der Waals surface area (Å²) in [4.78, 5) is 20.2. The first kappa shape index (κ1) is 38.6. The molecule has 0 aromatic carbocycles. The summed E-state index contributed by atoms with van der Waals surface area (Å²) in [5.41, 5.74) is 0. The fourth-order valence-corrected chi connectivity index (χ4v) is 1.34. The number of aliphatic hydroxyl groups excluding tert-OH is 10. The Kier molecular flexibility index (Phi) is 25.2. The molecule has 0 aromatic rings. The number of hydrogen-bond acceptors (Lipinski definition) is 12. The Labute approximate surface area is 173 Å². The topological polar surface area (TPSA) is 340 Å². The van der Waals surface area contributed by atoms with Crippen molar-refractivity contribution in [3.63, 3.8) is 0 Å². The van der Waals surface area contributed by atoms with Crippen LogP contribution >= 0.6 is 0 Å². The molecule has 0 aliphatic heterocycles. The maximum absolute atomic E-state index is 10.1. The molecule has 16 N–H and O–H groups in total. The van der Waals surface area contributed by atoms with E-state index in [0.29, 0.717) is 0 Å². The van der Waals surface area contributed by atoms with E-state index in [1.807, 2.05) is 0 Å². The molecule has 29 heavy (non-hydrogen) atoms. The molecule has 0 fully saturated rings. The quantitative estimate of drug-likeness (QED) is 0.128. The van der Waals surface area contributed by atoms with Gasteiger partial charge in [0.15, 0.2) is 12.2 Å². The van der Waals surface area contributed by atoms with Gasteiger partial charge in [-0.25, -0.2) is 9.59 Å². The third-order valence-electron chi connectivity index (χ3n) is 3.02. The number of rotatable bonds is 10. The SMILES string of the molecule is O.O.O=C(O)[C@H](O)[C@@H](O)[C@H](O)[C@H](O)CO.O=C(O)[C@H](O)[C@@H](O)[C@H](O)[C@H](O)CO.[Fe]. The van der Waals surface area contributed by atoms with Gasteiger partial charge in [0.05, 0.1) is 13.2 Å². The first-order chi connectivity index (χ1) is 11.8. The molecule has 0 radical (unpaired) electrons. The van der Waals surface area contributed by atoms with Gasteiger partial charge in [-0.05, 0) is 0 Å². The van der Waals surface area contributed by atoms with Crippen molar-refractivity contribution in [1.82, 2.24) is 0 Å². The van der Waals surface area contributed by atoms with E-state index in [1.165, 1.54) is 0 Å². The van der Waals surface area contributed by atoms with Crippen molar-refractivity contribution in [1.29, 1.82) is 0 Å². The fourth-order valence-electron chi connectivity index (χ4n) is 1.34. The average Bonchev–Trinajstić information content (AvgIpc) is 2.62. The van der Waals surface area contributed by atoms with Crippen molar-refractivity contribution >= 4 is 11.9 Å². The molecule has 8 atom stereocenters. The molecule has 0 aliphatic carbocycles. The number of carboxylic acid groups (broad SMARTS) is 2. The Morgan fingerprint density at radius 1 is 0.552 bits per heavy atom. The Hall–Kier alpha value is -1.02. The second-order valence-corrected chi connectivity index (χ2v) is 5.03. The maximum atomic E-state index is 10.1. The molecule has 0 amide bonds. The number of hydrogen-bond donors (Lipinski definition) is 12. The van der Waals surface area contributed by atoms with Gasteiger partial charge in [0.1, 0.15) is 36.6 Å². The minimum atomic E-state index is -2.20. The summed E-state index contributed by atoms with van der Waals surface area (Å²) >= 11 is 0. The van der Waals surface area contributed by atoms with E-state index in [-0.39, 0.29) is 28.0 Å². The number of carboxylic acids is 2. The van der Waals surface area contributed by atoms with Gasteiger partial charge in [-0.2, -0.15) is 0 Å². The predicted octanol–water partition coefficient (Wildman–Crippen LogP) is -8.64. The van der Waals surface area contributed by atoms with Gasteiger partial charge in [0.2, 0.25) is 0 Å². The standard InChI is InChI=1S/2C6H12O7.Fe.2H2O/c2*7-1-2(8)3(9)4(10)5(11)6(12)13;;;/h2*2-5,7-11H,1H2,(H,12,13);;2*1H2/t2*2-,3-,4+,5-;;;/m11.../s1. The van der Waals surface area contributed by atoms with Gasteiger partial charge in [0, 0.05) is 17.1 Å². The van der Waals surface area contributed by atoms with Crippen LogP contribution in [0.3, 0.4) is 0 Å². The summed E-state index contributed by atoms with van der Waals surface area (Å²) in [5, 5.41) is 104. The van der Waals surface area contributed by atoms with Crippen LogP contribution in [-0.2, 0) is 26.7 Å². The molecule has 0 aliphatic rings. The fraction of sp³-hybridized carbons (Fsp3) is 0.833. The monoisotopic (exact) mass is 484 g/mol. The zero-order chi connectivity index (χ0) is 21.2. The Bertz CT molecular complexity index is 387. The third kappa shape index (κ3) is 13.8. The smallest absolute Gasteiger partial charge is 0.335 e. The Balaban J connectivity index is -0.000000120. The van der Waals surface area contributed by atoms with Gasteiger partial charge in [-0.15, -0.1) is 0 Å². The number of aliphatic hydroxyl groups is 10. The van der Waals surface area contributed by atoms with E-state index in [2.05, 4.69) is 0 Å². The Morgan fingerprint density at radius 3 is 0.897 bits per heavy atom. The van der Waals surface area contributed by atoms with E-state index in [0.717, 1.165) is 0 Å². The molecular formula is C12H28FeO16. The molecule has 180 valence electrons. The van der Waals surface area contributed by atoms with Crippen LogP contribution in [-0.4, -0.2) is 146 Å². The molecule has 0 saturated carbocycles. The van der Waals surface area contributed by atoms with Crippen molar-refractivity contribution in [3.8, 4) is 0 Å². The van der Waals surface area contributed by atoms with Crippen LogP contribution in [0.15, 0.2) is 0 Å². The van der Waals surface area contributed by atoms with E-state index < -0.39 is 74.0 Å². The molecule has 16 nitrogen and oxygen atoms in total. The van der Waals surface area contributed by atoms with Crippen LogP contribution in [0, 0.1) is 0 Å². The summed E-state index contributed by atoms with van der Waals surface area (Å²) in [5.74, 6) is -3.45. The van der Waals surface area contributed by atoms with Gasteiger partial charge < -0.3 is 72.2 Å². The maximum Gasteiger partial charge on any atom is 0.335 e. The molecule has 0 heterocycles. The van der Waals surface area contributed by atoms with Crippen molar-refractivity contribution in [2.45, 2.75) is 48.8 Å². The number of aliphatic carboxylic acids is 2. The minimum absolute atomic E-state index is 0. The first-order valence-electron chi connectivity index (χ1n) is 6.95. The van der Waals surface area contributed by atoms with Crippen molar-refractivity contribution in [2.24, 2.45) is 0 Å². The van der Waals surface area contributed by atoms with Gasteiger partial charge in [-0.1, -0.05) is 0 Å². The molecule has 0 unspecified atom stereocenters. The van der Waals surface area contributed by atoms with Crippen molar-refractivity contribution in [3.05, 3.63) is 0 Å². The molecule has 0 bridgehead atoms. The zero-order valence-corrected chi connectivity index (χ0v) is 15.7. The molecule has 0 rings (SSSR count). The summed E-state index contributed by atoms with van der Waals surface area (Å²) in [6, 6.07) is 0. The van der Waals surface area contributed by atoms with Gasteiger partial charge in [0.25, 0.3) is 0 Å². The van der Waals surface area contributed by atoms with Crippen LogP contribution in [0.25, 0.3) is 0 Å². The minimum Gasteiger partial charge on any atom is -0.479 e. The first-order valence-corrected chi connectivity index (χ1v) is 6.95. The van der Waals surface area contributed by atoms with Crippen LogP contribution in [0.1, 0.15) is 0 Å². The van der Waals surface area contributed by atoms with E-state index in [9.17, 15) is 9.59 Å². The second kappa shape index (κ2) is 19.0. The van der Waals surface area contributed by atoms with E-state index >= 15 is 0 Å². The zero-order valence-electron chi connectivity index (χ0n) is 14.6. The van der Waals surface area contributed by atoms with Crippen LogP contribution in [0.4, 0.5) is 0 Å². The summed E-state index contributed by atoms with van der Waals surface area (Å²) < 4.78 is 0. The largest absolute Gasteiger partial charge is 0.479 e.